The summed E-state index contributed by atoms with van der Waals surface area (Å²) in [6.45, 7) is 3.11. The molecule has 1 aromatic rings. The molecule has 1 atom stereocenters. The first-order valence-corrected chi connectivity index (χ1v) is 6.77. The van der Waals surface area contributed by atoms with E-state index in [0.717, 1.165) is 38.9 Å². The fourth-order valence-electron chi connectivity index (χ4n) is 3.26. The van der Waals surface area contributed by atoms with E-state index >= 15 is 0 Å². The van der Waals surface area contributed by atoms with Crippen molar-refractivity contribution in [1.82, 2.24) is 4.90 Å². The Balaban J connectivity index is 1.61. The maximum atomic E-state index is 11.5. The maximum absolute atomic E-state index is 11.5. The Morgan fingerprint density at radius 1 is 1.33 bits per heavy atom. The highest BCUT2D eigenvalue weighted by Crippen LogP contribution is 2.54. The summed E-state index contributed by atoms with van der Waals surface area (Å²) in [6, 6.07) is 10.5. The second-order valence-electron chi connectivity index (χ2n) is 5.73. The molecule has 1 saturated heterocycles. The van der Waals surface area contributed by atoms with Crippen LogP contribution in [0.25, 0.3) is 0 Å². The van der Waals surface area contributed by atoms with Crippen LogP contribution in [0.1, 0.15) is 24.8 Å². The van der Waals surface area contributed by atoms with E-state index in [9.17, 15) is 4.79 Å². The monoisotopic (exact) mass is 244 g/mol. The molecule has 1 saturated carbocycles. The van der Waals surface area contributed by atoms with Crippen LogP contribution in [0.5, 0.6) is 0 Å². The van der Waals surface area contributed by atoms with Crippen molar-refractivity contribution in [2.45, 2.75) is 25.8 Å². The van der Waals surface area contributed by atoms with Crippen molar-refractivity contribution in [2.24, 2.45) is 17.1 Å². The molecule has 1 amide bonds. The van der Waals surface area contributed by atoms with E-state index in [-0.39, 0.29) is 11.3 Å². The van der Waals surface area contributed by atoms with Crippen molar-refractivity contribution < 1.29 is 4.79 Å². The van der Waals surface area contributed by atoms with E-state index in [2.05, 4.69) is 29.2 Å². The number of carbonyl (C=O) groups is 1. The molecule has 1 aliphatic heterocycles. The lowest BCUT2D eigenvalue weighted by atomic mass is 9.88. The van der Waals surface area contributed by atoms with Gasteiger partial charge in [0.05, 0.1) is 5.41 Å². The fraction of sp³-hybridized carbons (Fsp3) is 0.533. The highest BCUT2D eigenvalue weighted by Gasteiger charge is 2.55. The molecule has 3 rings (SSSR count). The molecule has 2 fully saturated rings. The highest BCUT2D eigenvalue weighted by molar-refractivity contribution is 5.84. The van der Waals surface area contributed by atoms with Gasteiger partial charge in [-0.05, 0) is 37.3 Å². The molecule has 2 aliphatic rings. The van der Waals surface area contributed by atoms with E-state index in [1.165, 1.54) is 5.56 Å². The molecular weight excluding hydrogens is 224 g/mol. The molecule has 2 N–H and O–H groups in total. The lowest BCUT2D eigenvalue weighted by Crippen LogP contribution is -2.33. The van der Waals surface area contributed by atoms with Gasteiger partial charge in [-0.1, -0.05) is 30.3 Å². The number of likely N-dealkylation sites (tertiary alicyclic amines) is 1. The van der Waals surface area contributed by atoms with Gasteiger partial charge in [-0.25, -0.2) is 0 Å². The van der Waals surface area contributed by atoms with Crippen LogP contribution in [-0.2, 0) is 11.3 Å². The summed E-state index contributed by atoms with van der Waals surface area (Å²) in [7, 11) is 0. The van der Waals surface area contributed by atoms with Gasteiger partial charge in [-0.15, -0.1) is 0 Å². The molecule has 0 aromatic heterocycles. The van der Waals surface area contributed by atoms with Crippen LogP contribution in [0.4, 0.5) is 0 Å². The van der Waals surface area contributed by atoms with Crippen molar-refractivity contribution in [3.05, 3.63) is 35.9 Å². The minimum atomic E-state index is -0.147. The number of hydrogen-bond donors (Lipinski definition) is 1. The predicted molar refractivity (Wildman–Crippen MR) is 70.7 cm³/mol. The van der Waals surface area contributed by atoms with Gasteiger partial charge in [-0.2, -0.15) is 0 Å². The summed E-state index contributed by atoms with van der Waals surface area (Å²) >= 11 is 0. The number of rotatable bonds is 4. The number of benzene rings is 1. The van der Waals surface area contributed by atoms with E-state index in [1.54, 1.807) is 0 Å². The summed E-state index contributed by atoms with van der Waals surface area (Å²) in [5, 5.41) is 0. The molecule has 0 bridgehead atoms. The number of carbonyl (C=O) groups excluding carboxylic acids is 1. The maximum Gasteiger partial charge on any atom is 0.223 e. The van der Waals surface area contributed by atoms with E-state index in [4.69, 9.17) is 5.73 Å². The van der Waals surface area contributed by atoms with Crippen LogP contribution in [0, 0.1) is 11.3 Å². The molecule has 0 radical (unpaired) electrons. The molecule has 0 unspecified atom stereocenters. The van der Waals surface area contributed by atoms with Gasteiger partial charge >= 0.3 is 0 Å². The largest absolute Gasteiger partial charge is 0.369 e. The summed E-state index contributed by atoms with van der Waals surface area (Å²) in [5.74, 6) is 0.410. The number of nitrogens with two attached hydrogens (primary N) is 1. The lowest BCUT2D eigenvalue weighted by molar-refractivity contribution is -0.124. The van der Waals surface area contributed by atoms with Crippen molar-refractivity contribution in [2.75, 3.05) is 13.1 Å². The number of hydrogen-bond acceptors (Lipinski definition) is 2. The van der Waals surface area contributed by atoms with E-state index in [1.807, 2.05) is 6.07 Å². The Morgan fingerprint density at radius 3 is 2.67 bits per heavy atom. The Hall–Kier alpha value is -1.35. The number of nitrogens with zero attached hydrogens (tertiary/aromatic N) is 1. The molecule has 3 heteroatoms. The SMILES string of the molecule is NC(=O)C1([C@@H]2CCN(Cc3ccccc3)C2)CC1. The zero-order valence-corrected chi connectivity index (χ0v) is 10.6. The molecule has 1 aliphatic carbocycles. The van der Waals surface area contributed by atoms with Gasteiger partial charge in [0, 0.05) is 13.1 Å². The first-order valence-electron chi connectivity index (χ1n) is 6.77. The van der Waals surface area contributed by atoms with Crippen LogP contribution in [0.3, 0.4) is 0 Å². The Kier molecular flexibility index (Phi) is 2.86. The minimum absolute atomic E-state index is 0.0749. The molecule has 0 spiro atoms. The Bertz CT molecular complexity index is 439. The third-order valence-corrected chi connectivity index (χ3v) is 4.58. The quantitative estimate of drug-likeness (QED) is 0.877. The topological polar surface area (TPSA) is 46.3 Å². The van der Waals surface area contributed by atoms with Crippen molar-refractivity contribution >= 4 is 5.91 Å². The molecule has 96 valence electrons. The molecule has 1 aromatic carbocycles. The van der Waals surface area contributed by atoms with Gasteiger partial charge in [0.1, 0.15) is 0 Å². The standard InChI is InChI=1S/C15H20N2O/c16-14(18)15(7-8-15)13-6-9-17(11-13)10-12-4-2-1-3-5-12/h1-5,13H,6-11H2,(H2,16,18)/t13-/m1/s1. The van der Waals surface area contributed by atoms with Crippen LogP contribution >= 0.6 is 0 Å². The second kappa shape index (κ2) is 4.39. The average molecular weight is 244 g/mol. The first kappa shape index (κ1) is 11.7. The number of amides is 1. The highest BCUT2D eigenvalue weighted by atomic mass is 16.1. The second-order valence-corrected chi connectivity index (χ2v) is 5.73. The zero-order valence-electron chi connectivity index (χ0n) is 10.6. The van der Waals surface area contributed by atoms with Crippen LogP contribution in [0.2, 0.25) is 0 Å². The van der Waals surface area contributed by atoms with Crippen LogP contribution in [0.15, 0.2) is 30.3 Å². The molecular formula is C15H20N2O. The lowest BCUT2D eigenvalue weighted by Gasteiger charge is -2.20. The summed E-state index contributed by atoms with van der Waals surface area (Å²) in [6.07, 6.45) is 3.13. The van der Waals surface area contributed by atoms with E-state index < -0.39 is 0 Å². The van der Waals surface area contributed by atoms with Crippen molar-refractivity contribution in [3.8, 4) is 0 Å². The first-order chi connectivity index (χ1) is 8.71. The van der Waals surface area contributed by atoms with Gasteiger partial charge in [-0.3, -0.25) is 9.69 Å². The minimum Gasteiger partial charge on any atom is -0.369 e. The van der Waals surface area contributed by atoms with Crippen molar-refractivity contribution in [1.29, 1.82) is 0 Å². The third kappa shape index (κ3) is 2.03. The van der Waals surface area contributed by atoms with Gasteiger partial charge in [0.25, 0.3) is 0 Å². The molecule has 1 heterocycles. The fourth-order valence-corrected chi connectivity index (χ4v) is 3.26. The van der Waals surface area contributed by atoms with Crippen LogP contribution < -0.4 is 5.73 Å². The Morgan fingerprint density at radius 2 is 2.06 bits per heavy atom. The molecule has 18 heavy (non-hydrogen) atoms. The summed E-state index contributed by atoms with van der Waals surface area (Å²) in [4.78, 5) is 14.0. The molecule has 3 nitrogen and oxygen atoms in total. The average Bonchev–Trinajstić information content (AvgIpc) is 3.07. The Labute approximate surface area is 108 Å². The van der Waals surface area contributed by atoms with Gasteiger partial charge in [0.15, 0.2) is 0 Å². The van der Waals surface area contributed by atoms with Crippen molar-refractivity contribution in [3.63, 3.8) is 0 Å². The normalized spacial score (nSPS) is 26.1. The summed E-state index contributed by atoms with van der Waals surface area (Å²) in [5.41, 5.74) is 6.75. The van der Waals surface area contributed by atoms with E-state index in [0.29, 0.717) is 5.92 Å². The predicted octanol–water partition coefficient (Wildman–Crippen LogP) is 1.77. The third-order valence-electron chi connectivity index (χ3n) is 4.58. The smallest absolute Gasteiger partial charge is 0.223 e. The zero-order chi connectivity index (χ0) is 12.6. The summed E-state index contributed by atoms with van der Waals surface area (Å²) < 4.78 is 0. The van der Waals surface area contributed by atoms with Gasteiger partial charge in [0.2, 0.25) is 5.91 Å². The van der Waals surface area contributed by atoms with Crippen LogP contribution in [-0.4, -0.2) is 23.9 Å². The van der Waals surface area contributed by atoms with Gasteiger partial charge < -0.3 is 5.73 Å². The number of primary amides is 1.